The Kier molecular flexibility index (Phi) is 2.46. The second kappa shape index (κ2) is 3.17. The number of benzene rings is 1. The topological polar surface area (TPSA) is 0 Å². The molecule has 0 radical (unpaired) electrons. The summed E-state index contributed by atoms with van der Waals surface area (Å²) in [6, 6.07) is 9.02. The van der Waals surface area contributed by atoms with Gasteiger partial charge in [0.05, 0.1) is 8.31 Å². The van der Waals surface area contributed by atoms with E-state index in [9.17, 15) is 0 Å². The van der Waals surface area contributed by atoms with Crippen molar-refractivity contribution in [1.29, 1.82) is 0 Å². The molecule has 1 aromatic carbocycles. The lowest BCUT2D eigenvalue weighted by atomic mass is 10.2. The van der Waals surface area contributed by atoms with Crippen molar-refractivity contribution in [2.45, 2.75) is 13.5 Å². The van der Waals surface area contributed by atoms with Gasteiger partial charge in [-0.05, 0) is 6.92 Å². The minimum Gasteiger partial charge on any atom is -0.0707 e. The Morgan fingerprint density at radius 1 is 1.20 bits per heavy atom. The van der Waals surface area contributed by atoms with E-state index in [2.05, 4.69) is 37.7 Å². The Morgan fingerprint density at radius 2 is 1.70 bits per heavy atom. The molecule has 0 bridgehead atoms. The summed E-state index contributed by atoms with van der Waals surface area (Å²) in [6.45, 7) is 4.56. The van der Waals surface area contributed by atoms with Crippen LogP contribution < -0.4 is 5.19 Å². The van der Waals surface area contributed by atoms with Gasteiger partial charge in [-0.25, -0.2) is 0 Å². The molecule has 0 saturated carbocycles. The molecule has 0 spiro atoms. The fraction of sp³-hybridized carbons (Fsp3) is 0.250. The van der Waals surface area contributed by atoms with Crippen LogP contribution in [0.25, 0.3) is 0 Å². The summed E-state index contributed by atoms with van der Waals surface area (Å²) in [6.07, 6.45) is 0. The number of rotatable bonds is 1. The fourth-order valence-corrected chi connectivity index (χ4v) is 3.07. The summed E-state index contributed by atoms with van der Waals surface area (Å²) in [4.78, 5) is 0. The van der Waals surface area contributed by atoms with E-state index in [1.165, 1.54) is 15.3 Å². The molecule has 0 fully saturated rings. The van der Waals surface area contributed by atoms with E-state index in [4.69, 9.17) is 0 Å². The maximum absolute atomic E-state index is 2.41. The average Bonchev–Trinajstić information content (AvgIpc) is 1.88. The van der Waals surface area contributed by atoms with Gasteiger partial charge >= 0.3 is 0 Å². The Labute approximate surface area is 67.1 Å². The van der Waals surface area contributed by atoms with E-state index >= 15 is 0 Å². The van der Waals surface area contributed by atoms with E-state index in [1.807, 2.05) is 0 Å². The molecule has 0 aliphatic carbocycles. The first kappa shape index (κ1) is 7.76. The van der Waals surface area contributed by atoms with Crippen molar-refractivity contribution >= 4 is 23.3 Å². The van der Waals surface area contributed by atoms with Crippen molar-refractivity contribution in [3.8, 4) is 0 Å². The third-order valence-electron chi connectivity index (χ3n) is 1.74. The summed E-state index contributed by atoms with van der Waals surface area (Å²) in [5.41, 5.74) is 1.38. The van der Waals surface area contributed by atoms with Crippen LogP contribution in [0.15, 0.2) is 24.3 Å². The van der Waals surface area contributed by atoms with Crippen LogP contribution in [0, 0.1) is 6.92 Å². The molecule has 54 valence electrons. The summed E-state index contributed by atoms with van der Waals surface area (Å²) in [7, 11) is 0.983. The maximum atomic E-state index is 2.41. The molecular formula is C8H14Si2. The maximum Gasteiger partial charge on any atom is 0.0508 e. The van der Waals surface area contributed by atoms with Crippen LogP contribution in [0.5, 0.6) is 0 Å². The molecule has 0 nitrogen and oxygen atoms in total. The highest BCUT2D eigenvalue weighted by Gasteiger charge is 1.97. The third-order valence-corrected chi connectivity index (χ3v) is 5.46. The third kappa shape index (κ3) is 1.82. The Balaban J connectivity index is 2.89. The van der Waals surface area contributed by atoms with Crippen LogP contribution in [0.1, 0.15) is 5.56 Å². The van der Waals surface area contributed by atoms with Gasteiger partial charge in [-0.2, -0.15) is 0 Å². The highest BCUT2D eigenvalue weighted by Crippen LogP contribution is 1.93. The SMILES string of the molecule is Cc1ccc([SiH](C)[SiH3])cc1. The lowest BCUT2D eigenvalue weighted by Gasteiger charge is -2.02. The minimum atomic E-state index is -0.411. The molecule has 10 heavy (non-hydrogen) atoms. The van der Waals surface area contributed by atoms with Crippen LogP contribution in [0.2, 0.25) is 6.55 Å². The molecule has 0 amide bonds. The van der Waals surface area contributed by atoms with Gasteiger partial charge in [0.15, 0.2) is 0 Å². The molecule has 0 N–H and O–H groups in total. The first-order chi connectivity index (χ1) is 4.70. The highest BCUT2D eigenvalue weighted by atomic mass is 29.1. The van der Waals surface area contributed by atoms with Crippen molar-refractivity contribution in [2.24, 2.45) is 0 Å². The van der Waals surface area contributed by atoms with Crippen LogP contribution in [0.3, 0.4) is 0 Å². The van der Waals surface area contributed by atoms with Gasteiger partial charge in [0.2, 0.25) is 0 Å². The molecule has 0 aliphatic heterocycles. The molecular weight excluding hydrogens is 152 g/mol. The van der Waals surface area contributed by atoms with E-state index in [-0.39, 0.29) is 0 Å². The zero-order valence-corrected chi connectivity index (χ0v) is 10.0. The number of aryl methyl sites for hydroxylation is 1. The fourth-order valence-electron chi connectivity index (χ4n) is 0.951. The highest BCUT2D eigenvalue weighted by molar-refractivity contribution is 7.10. The standard InChI is InChI=1S/C8H14Si2/c1-7-3-5-8(6-4-7)10(2)9/h3-6,10H,1-2,9H3. The number of hydrogen-bond donors (Lipinski definition) is 0. The Hall–Kier alpha value is -0.346. The van der Waals surface area contributed by atoms with Gasteiger partial charge in [-0.1, -0.05) is 41.6 Å². The predicted octanol–water partition coefficient (Wildman–Crippen LogP) is -0.0790. The summed E-state index contributed by atoms with van der Waals surface area (Å²) < 4.78 is 0. The second-order valence-corrected chi connectivity index (χ2v) is 11.2. The van der Waals surface area contributed by atoms with E-state index < -0.39 is 8.31 Å². The van der Waals surface area contributed by atoms with E-state index in [0.29, 0.717) is 0 Å². The van der Waals surface area contributed by atoms with Crippen LogP contribution in [0.4, 0.5) is 0 Å². The van der Waals surface area contributed by atoms with Crippen molar-refractivity contribution in [3.05, 3.63) is 29.8 Å². The molecule has 0 heterocycles. The molecule has 2 heteroatoms. The molecule has 1 aromatic rings. The van der Waals surface area contributed by atoms with E-state index in [0.717, 1.165) is 0 Å². The van der Waals surface area contributed by atoms with Crippen molar-refractivity contribution in [2.75, 3.05) is 0 Å². The molecule has 0 aromatic heterocycles. The van der Waals surface area contributed by atoms with Gasteiger partial charge < -0.3 is 0 Å². The molecule has 1 rings (SSSR count). The van der Waals surface area contributed by atoms with Crippen molar-refractivity contribution < 1.29 is 0 Å². The predicted molar refractivity (Wildman–Crippen MR) is 53.8 cm³/mol. The summed E-state index contributed by atoms with van der Waals surface area (Å²) >= 11 is 0. The lowest BCUT2D eigenvalue weighted by Crippen LogP contribution is -2.26. The van der Waals surface area contributed by atoms with Crippen LogP contribution >= 0.6 is 0 Å². The zero-order valence-electron chi connectivity index (χ0n) is 6.89. The summed E-state index contributed by atoms with van der Waals surface area (Å²) in [5.74, 6) is 0. The number of hydrogen-bond acceptors (Lipinski definition) is 0. The van der Waals surface area contributed by atoms with Gasteiger partial charge in [-0.15, -0.1) is 0 Å². The Morgan fingerprint density at radius 3 is 2.10 bits per heavy atom. The molecule has 1 atom stereocenters. The van der Waals surface area contributed by atoms with Gasteiger partial charge in [0.25, 0.3) is 0 Å². The Bertz CT molecular complexity index is 201. The van der Waals surface area contributed by atoms with E-state index in [1.54, 1.807) is 5.19 Å². The van der Waals surface area contributed by atoms with Gasteiger partial charge in [0, 0.05) is 9.76 Å². The van der Waals surface area contributed by atoms with Crippen molar-refractivity contribution in [3.63, 3.8) is 0 Å². The van der Waals surface area contributed by atoms with Crippen LogP contribution in [-0.4, -0.2) is 18.1 Å². The monoisotopic (exact) mass is 166 g/mol. The molecule has 0 aliphatic rings. The smallest absolute Gasteiger partial charge is 0.0508 e. The molecule has 1 unspecified atom stereocenters. The van der Waals surface area contributed by atoms with Gasteiger partial charge in [0.1, 0.15) is 0 Å². The minimum absolute atomic E-state index is 0.411. The largest absolute Gasteiger partial charge is 0.0707 e. The van der Waals surface area contributed by atoms with Crippen molar-refractivity contribution in [1.82, 2.24) is 0 Å². The molecule has 0 saturated heterocycles. The first-order valence-electron chi connectivity index (χ1n) is 3.76. The van der Waals surface area contributed by atoms with Gasteiger partial charge in [-0.3, -0.25) is 0 Å². The average molecular weight is 166 g/mol. The normalized spacial score (nSPS) is 13.4. The lowest BCUT2D eigenvalue weighted by molar-refractivity contribution is 1.49. The summed E-state index contributed by atoms with van der Waals surface area (Å²) in [5, 5.41) is 1.62. The second-order valence-electron chi connectivity index (χ2n) is 3.07. The zero-order chi connectivity index (χ0) is 7.56. The first-order valence-corrected chi connectivity index (χ1v) is 10.1. The quantitative estimate of drug-likeness (QED) is 0.512. The van der Waals surface area contributed by atoms with Crippen LogP contribution in [-0.2, 0) is 0 Å².